The van der Waals surface area contributed by atoms with E-state index < -0.39 is 5.97 Å². The number of H-pyrrole nitrogens is 1. The molecule has 4 nitrogen and oxygen atoms in total. The molecule has 0 radical (unpaired) electrons. The fourth-order valence-electron chi connectivity index (χ4n) is 2.30. The Morgan fingerprint density at radius 1 is 1.16 bits per heavy atom. The number of benzene rings is 1. The third-order valence-electron chi connectivity index (χ3n) is 3.11. The van der Waals surface area contributed by atoms with E-state index >= 15 is 0 Å². The summed E-state index contributed by atoms with van der Waals surface area (Å²) >= 11 is 0. The van der Waals surface area contributed by atoms with Crippen molar-refractivity contribution in [2.24, 2.45) is 0 Å². The van der Waals surface area contributed by atoms with Gasteiger partial charge in [0.2, 0.25) is 0 Å². The van der Waals surface area contributed by atoms with Crippen LogP contribution in [0.25, 0.3) is 22.2 Å². The second kappa shape index (κ2) is 4.57. The number of fused-ring (bicyclic) bond motifs is 1. The van der Waals surface area contributed by atoms with Gasteiger partial charge in [0.05, 0.1) is 6.42 Å². The molecule has 0 atom stereocenters. The molecule has 94 valence electrons. The van der Waals surface area contributed by atoms with Crippen molar-refractivity contribution in [1.82, 2.24) is 9.97 Å². The van der Waals surface area contributed by atoms with Crippen LogP contribution < -0.4 is 0 Å². The number of pyridine rings is 1. The molecule has 0 saturated heterocycles. The largest absolute Gasteiger partial charge is 0.481 e. The molecule has 0 spiro atoms. The van der Waals surface area contributed by atoms with Gasteiger partial charge in [-0.25, -0.2) is 4.98 Å². The average molecular weight is 252 g/mol. The third kappa shape index (κ3) is 2.08. The van der Waals surface area contributed by atoms with Gasteiger partial charge >= 0.3 is 5.97 Å². The van der Waals surface area contributed by atoms with Gasteiger partial charge in [-0.2, -0.15) is 0 Å². The van der Waals surface area contributed by atoms with Gasteiger partial charge < -0.3 is 10.1 Å². The van der Waals surface area contributed by atoms with Crippen LogP contribution in [-0.2, 0) is 11.2 Å². The first kappa shape index (κ1) is 11.5. The van der Waals surface area contributed by atoms with Gasteiger partial charge in [-0.1, -0.05) is 24.3 Å². The van der Waals surface area contributed by atoms with E-state index in [1.165, 1.54) is 0 Å². The lowest BCUT2D eigenvalue weighted by molar-refractivity contribution is -0.136. The Morgan fingerprint density at radius 2 is 2.00 bits per heavy atom. The molecular formula is C15H12N2O2. The molecule has 0 unspecified atom stereocenters. The van der Waals surface area contributed by atoms with Gasteiger partial charge in [-0.15, -0.1) is 0 Å². The summed E-state index contributed by atoms with van der Waals surface area (Å²) in [5.74, 6) is -0.827. The zero-order chi connectivity index (χ0) is 13.2. The molecule has 3 rings (SSSR count). The lowest BCUT2D eigenvalue weighted by Gasteiger charge is -2.08. The van der Waals surface area contributed by atoms with E-state index in [0.717, 1.165) is 27.7 Å². The minimum Gasteiger partial charge on any atom is -0.481 e. The number of hydrogen-bond donors (Lipinski definition) is 2. The standard InChI is InChI=1S/C15H12N2O2/c18-14(19)9-10-3-1-2-4-11(10)12-5-7-16-15-13(12)6-8-17-15/h1-8H,9H2,(H,16,17)(H,18,19). The first-order valence-corrected chi connectivity index (χ1v) is 5.98. The normalized spacial score (nSPS) is 10.7. The summed E-state index contributed by atoms with van der Waals surface area (Å²) < 4.78 is 0. The summed E-state index contributed by atoms with van der Waals surface area (Å²) in [5, 5.41) is 9.99. The Balaban J connectivity index is 2.21. The van der Waals surface area contributed by atoms with Crippen molar-refractivity contribution in [1.29, 1.82) is 0 Å². The molecular weight excluding hydrogens is 240 g/mol. The monoisotopic (exact) mass is 252 g/mol. The SMILES string of the molecule is O=C(O)Cc1ccccc1-c1ccnc2[nH]ccc12. The zero-order valence-electron chi connectivity index (χ0n) is 10.1. The molecule has 0 saturated carbocycles. The number of aliphatic carboxylic acids is 1. The topological polar surface area (TPSA) is 66.0 Å². The molecule has 2 heterocycles. The minimum absolute atomic E-state index is 0.0183. The number of aromatic amines is 1. The summed E-state index contributed by atoms with van der Waals surface area (Å²) in [6.45, 7) is 0. The van der Waals surface area contributed by atoms with Crippen molar-refractivity contribution in [2.75, 3.05) is 0 Å². The maximum Gasteiger partial charge on any atom is 0.307 e. The van der Waals surface area contributed by atoms with E-state index in [9.17, 15) is 4.79 Å². The second-order valence-corrected chi connectivity index (χ2v) is 4.33. The first-order chi connectivity index (χ1) is 9.25. The molecule has 4 heteroatoms. The van der Waals surface area contributed by atoms with Crippen molar-refractivity contribution < 1.29 is 9.90 Å². The molecule has 2 aromatic heterocycles. The number of rotatable bonds is 3. The van der Waals surface area contributed by atoms with Crippen molar-refractivity contribution >= 4 is 17.0 Å². The molecule has 0 aliphatic rings. The summed E-state index contributed by atoms with van der Waals surface area (Å²) in [7, 11) is 0. The van der Waals surface area contributed by atoms with Gasteiger partial charge in [0.1, 0.15) is 5.65 Å². The number of aromatic nitrogens is 2. The van der Waals surface area contributed by atoms with Crippen LogP contribution in [0.5, 0.6) is 0 Å². The summed E-state index contributed by atoms with van der Waals surface area (Å²) in [5.41, 5.74) is 3.56. The highest BCUT2D eigenvalue weighted by molar-refractivity contribution is 5.94. The quantitative estimate of drug-likeness (QED) is 0.753. The van der Waals surface area contributed by atoms with E-state index in [-0.39, 0.29) is 6.42 Å². The maximum absolute atomic E-state index is 10.9. The van der Waals surface area contributed by atoms with E-state index in [0.29, 0.717) is 0 Å². The highest BCUT2D eigenvalue weighted by Crippen LogP contribution is 2.29. The molecule has 0 amide bonds. The van der Waals surface area contributed by atoms with Crippen molar-refractivity contribution in [3.05, 3.63) is 54.4 Å². The van der Waals surface area contributed by atoms with E-state index in [2.05, 4.69) is 9.97 Å². The predicted molar refractivity (Wildman–Crippen MR) is 72.9 cm³/mol. The van der Waals surface area contributed by atoms with Crippen LogP contribution >= 0.6 is 0 Å². The van der Waals surface area contributed by atoms with Gasteiger partial charge in [-0.05, 0) is 28.8 Å². The molecule has 0 aliphatic carbocycles. The first-order valence-electron chi connectivity index (χ1n) is 5.98. The fraction of sp³-hybridized carbons (Fsp3) is 0.0667. The molecule has 0 aliphatic heterocycles. The summed E-state index contributed by atoms with van der Waals surface area (Å²) in [6.07, 6.45) is 3.58. The number of carboxylic acid groups (broad SMARTS) is 1. The second-order valence-electron chi connectivity index (χ2n) is 4.33. The van der Waals surface area contributed by atoms with E-state index in [4.69, 9.17) is 5.11 Å². The molecule has 2 N–H and O–H groups in total. The van der Waals surface area contributed by atoms with Crippen LogP contribution in [0.2, 0.25) is 0 Å². The predicted octanol–water partition coefficient (Wildman–Crippen LogP) is 2.86. The van der Waals surface area contributed by atoms with Gasteiger partial charge in [-0.3, -0.25) is 4.79 Å². The van der Waals surface area contributed by atoms with E-state index in [1.54, 1.807) is 6.20 Å². The Morgan fingerprint density at radius 3 is 2.84 bits per heavy atom. The molecule has 1 aromatic carbocycles. The van der Waals surface area contributed by atoms with Crippen LogP contribution in [0, 0.1) is 0 Å². The minimum atomic E-state index is -0.827. The number of carboxylic acids is 1. The van der Waals surface area contributed by atoms with Crippen LogP contribution in [-0.4, -0.2) is 21.0 Å². The van der Waals surface area contributed by atoms with Crippen LogP contribution in [0.15, 0.2) is 48.8 Å². The van der Waals surface area contributed by atoms with Crippen molar-refractivity contribution in [3.8, 4) is 11.1 Å². The summed E-state index contributed by atoms with van der Waals surface area (Å²) in [4.78, 5) is 18.3. The lowest BCUT2D eigenvalue weighted by Crippen LogP contribution is -2.01. The average Bonchev–Trinajstić information content (AvgIpc) is 2.87. The van der Waals surface area contributed by atoms with E-state index in [1.807, 2.05) is 42.6 Å². The Bertz CT molecular complexity index is 746. The van der Waals surface area contributed by atoms with Crippen LogP contribution in [0.4, 0.5) is 0 Å². The maximum atomic E-state index is 10.9. The van der Waals surface area contributed by atoms with Crippen molar-refractivity contribution in [3.63, 3.8) is 0 Å². The Hall–Kier alpha value is -2.62. The number of hydrogen-bond acceptors (Lipinski definition) is 2. The number of nitrogens with one attached hydrogen (secondary N) is 1. The summed E-state index contributed by atoms with van der Waals surface area (Å²) in [6, 6.07) is 11.4. The highest BCUT2D eigenvalue weighted by Gasteiger charge is 2.11. The number of carbonyl (C=O) groups is 1. The molecule has 0 bridgehead atoms. The lowest BCUT2D eigenvalue weighted by atomic mass is 9.96. The molecule has 3 aromatic rings. The Kier molecular flexibility index (Phi) is 2.76. The number of nitrogens with zero attached hydrogens (tertiary/aromatic N) is 1. The smallest absolute Gasteiger partial charge is 0.307 e. The van der Waals surface area contributed by atoms with Gasteiger partial charge in [0.15, 0.2) is 0 Å². The van der Waals surface area contributed by atoms with Gasteiger partial charge in [0.25, 0.3) is 0 Å². The van der Waals surface area contributed by atoms with Crippen LogP contribution in [0.1, 0.15) is 5.56 Å². The fourth-order valence-corrected chi connectivity index (χ4v) is 2.30. The van der Waals surface area contributed by atoms with Crippen molar-refractivity contribution in [2.45, 2.75) is 6.42 Å². The Labute approximate surface area is 109 Å². The molecule has 0 fully saturated rings. The molecule has 19 heavy (non-hydrogen) atoms. The zero-order valence-corrected chi connectivity index (χ0v) is 10.1. The van der Waals surface area contributed by atoms with Gasteiger partial charge in [0, 0.05) is 17.8 Å². The third-order valence-corrected chi connectivity index (χ3v) is 3.11. The highest BCUT2D eigenvalue weighted by atomic mass is 16.4. The van der Waals surface area contributed by atoms with Crippen LogP contribution in [0.3, 0.4) is 0 Å².